The van der Waals surface area contributed by atoms with Crippen LogP contribution in [0.4, 0.5) is 0 Å². The van der Waals surface area contributed by atoms with Crippen LogP contribution in [0.15, 0.2) is 90.1 Å². The maximum absolute atomic E-state index is 9.27. The van der Waals surface area contributed by atoms with Gasteiger partial charge >= 0.3 is 0 Å². The van der Waals surface area contributed by atoms with Gasteiger partial charge in [0.25, 0.3) is 0 Å². The number of oxime groups is 1. The van der Waals surface area contributed by atoms with E-state index in [0.717, 1.165) is 22.4 Å². The monoisotopic (exact) mass is 347 g/mol. The van der Waals surface area contributed by atoms with E-state index in [9.17, 15) is 5.21 Å². The molecule has 0 spiro atoms. The predicted molar refractivity (Wildman–Crippen MR) is 102 cm³/mol. The molecule has 26 heavy (non-hydrogen) atoms. The van der Waals surface area contributed by atoms with Crippen molar-refractivity contribution in [3.05, 3.63) is 102 Å². The highest BCUT2D eigenvalue weighted by atomic mass is 16.5. The van der Waals surface area contributed by atoms with Crippen molar-refractivity contribution in [1.29, 1.82) is 0 Å². The third kappa shape index (κ3) is 5.19. The lowest BCUT2D eigenvalue weighted by atomic mass is 10.1. The molecule has 0 unspecified atom stereocenters. The van der Waals surface area contributed by atoms with E-state index in [1.165, 1.54) is 0 Å². The van der Waals surface area contributed by atoms with Crippen molar-refractivity contribution in [2.75, 3.05) is 6.61 Å². The van der Waals surface area contributed by atoms with Gasteiger partial charge in [-0.1, -0.05) is 65.8 Å². The lowest BCUT2D eigenvalue weighted by Crippen LogP contribution is -2.10. The van der Waals surface area contributed by atoms with Crippen LogP contribution < -0.4 is 4.74 Å². The first-order chi connectivity index (χ1) is 12.8. The van der Waals surface area contributed by atoms with E-state index in [1.807, 2.05) is 84.9 Å². The Hall–Kier alpha value is -3.11. The molecule has 3 aromatic rings. The van der Waals surface area contributed by atoms with E-state index in [1.54, 1.807) is 0 Å². The van der Waals surface area contributed by atoms with Gasteiger partial charge in [-0.15, -0.1) is 0 Å². The Kier molecular flexibility index (Phi) is 6.40. The highest BCUT2D eigenvalue weighted by molar-refractivity contribution is 6.01. The molecule has 0 radical (unpaired) electrons. The third-order valence-corrected chi connectivity index (χ3v) is 3.91. The molecule has 0 bridgehead atoms. The highest BCUT2D eigenvalue weighted by Crippen LogP contribution is 2.15. The number of ether oxygens (including phenoxy) is 2. The van der Waals surface area contributed by atoms with Gasteiger partial charge in [0, 0.05) is 5.56 Å². The maximum atomic E-state index is 9.27. The molecule has 0 heterocycles. The van der Waals surface area contributed by atoms with E-state index >= 15 is 0 Å². The van der Waals surface area contributed by atoms with Crippen LogP contribution in [0.3, 0.4) is 0 Å². The summed E-state index contributed by atoms with van der Waals surface area (Å²) >= 11 is 0. The van der Waals surface area contributed by atoms with E-state index in [4.69, 9.17) is 9.47 Å². The number of hydrogen-bond acceptors (Lipinski definition) is 4. The first-order valence-electron chi connectivity index (χ1n) is 8.45. The minimum absolute atomic E-state index is 0.232. The molecule has 0 atom stereocenters. The van der Waals surface area contributed by atoms with Gasteiger partial charge in [-0.25, -0.2) is 0 Å². The zero-order chi connectivity index (χ0) is 18.0. The van der Waals surface area contributed by atoms with Crippen LogP contribution in [-0.4, -0.2) is 17.5 Å². The Balaban J connectivity index is 1.52. The van der Waals surface area contributed by atoms with Crippen molar-refractivity contribution in [3.8, 4) is 5.75 Å². The second-order valence-electron chi connectivity index (χ2n) is 5.82. The fourth-order valence-corrected chi connectivity index (χ4v) is 2.49. The molecular weight excluding hydrogens is 326 g/mol. The fourth-order valence-electron chi connectivity index (χ4n) is 2.49. The topological polar surface area (TPSA) is 51.1 Å². The Morgan fingerprint density at radius 3 is 1.88 bits per heavy atom. The van der Waals surface area contributed by atoms with Crippen LogP contribution in [0.25, 0.3) is 0 Å². The van der Waals surface area contributed by atoms with Gasteiger partial charge in [0.05, 0.1) is 13.2 Å². The zero-order valence-electron chi connectivity index (χ0n) is 14.4. The highest BCUT2D eigenvalue weighted by Gasteiger charge is 2.06. The number of rotatable bonds is 8. The van der Waals surface area contributed by atoms with Crippen molar-refractivity contribution in [2.24, 2.45) is 5.16 Å². The summed E-state index contributed by atoms with van der Waals surface area (Å²) in [6.07, 6.45) is 0. The molecule has 0 amide bonds. The van der Waals surface area contributed by atoms with Gasteiger partial charge < -0.3 is 14.7 Å². The lowest BCUT2D eigenvalue weighted by molar-refractivity contribution is 0.155. The summed E-state index contributed by atoms with van der Waals surface area (Å²) in [5.41, 5.74) is 3.47. The Morgan fingerprint density at radius 2 is 1.31 bits per heavy atom. The van der Waals surface area contributed by atoms with E-state index in [0.29, 0.717) is 18.9 Å². The molecule has 1 N–H and O–H groups in total. The summed E-state index contributed by atoms with van der Waals surface area (Å²) < 4.78 is 11.4. The maximum Gasteiger partial charge on any atom is 0.119 e. The summed E-state index contributed by atoms with van der Waals surface area (Å²) in [6.45, 7) is 1.22. The first-order valence-corrected chi connectivity index (χ1v) is 8.45. The van der Waals surface area contributed by atoms with Gasteiger partial charge in [-0.2, -0.15) is 0 Å². The quantitative estimate of drug-likeness (QED) is 0.366. The Morgan fingerprint density at radius 1 is 0.731 bits per heavy atom. The minimum Gasteiger partial charge on any atom is -0.489 e. The van der Waals surface area contributed by atoms with Crippen LogP contribution in [0.1, 0.15) is 16.7 Å². The van der Waals surface area contributed by atoms with Gasteiger partial charge in [0.1, 0.15) is 18.1 Å². The number of benzene rings is 3. The standard InChI is InChI=1S/C22H21NO3/c24-23-22(17-25-15-18-7-3-1-4-8-18)20-11-13-21(14-12-20)26-16-19-9-5-2-6-10-19/h1-14,24H,15-17H2. The van der Waals surface area contributed by atoms with Crippen LogP contribution in [0.5, 0.6) is 5.75 Å². The van der Waals surface area contributed by atoms with Crippen molar-refractivity contribution in [1.82, 2.24) is 0 Å². The number of hydrogen-bond donors (Lipinski definition) is 1. The van der Waals surface area contributed by atoms with Crippen LogP contribution in [0.2, 0.25) is 0 Å². The number of nitrogens with zero attached hydrogens (tertiary/aromatic N) is 1. The van der Waals surface area contributed by atoms with Crippen molar-refractivity contribution < 1.29 is 14.7 Å². The first kappa shape index (κ1) is 17.7. The van der Waals surface area contributed by atoms with Crippen molar-refractivity contribution >= 4 is 5.71 Å². The van der Waals surface area contributed by atoms with Crippen molar-refractivity contribution in [3.63, 3.8) is 0 Å². The van der Waals surface area contributed by atoms with Crippen molar-refractivity contribution in [2.45, 2.75) is 13.2 Å². The largest absolute Gasteiger partial charge is 0.489 e. The second-order valence-corrected chi connectivity index (χ2v) is 5.82. The average Bonchev–Trinajstić information content (AvgIpc) is 2.72. The molecule has 3 rings (SSSR count). The smallest absolute Gasteiger partial charge is 0.119 e. The van der Waals surface area contributed by atoms with Gasteiger partial charge in [0.15, 0.2) is 0 Å². The molecule has 0 aromatic heterocycles. The molecule has 4 heteroatoms. The molecule has 0 aliphatic rings. The molecule has 4 nitrogen and oxygen atoms in total. The summed E-state index contributed by atoms with van der Waals surface area (Å²) in [5.74, 6) is 0.764. The summed E-state index contributed by atoms with van der Waals surface area (Å²) in [7, 11) is 0. The fraction of sp³-hybridized carbons (Fsp3) is 0.136. The van der Waals surface area contributed by atoms with Crippen LogP contribution in [-0.2, 0) is 18.0 Å². The molecule has 0 fully saturated rings. The van der Waals surface area contributed by atoms with Gasteiger partial charge in [-0.3, -0.25) is 0 Å². The van der Waals surface area contributed by atoms with Gasteiger partial charge in [0.2, 0.25) is 0 Å². The third-order valence-electron chi connectivity index (χ3n) is 3.91. The summed E-state index contributed by atoms with van der Waals surface area (Å²) in [4.78, 5) is 0. The zero-order valence-corrected chi connectivity index (χ0v) is 14.4. The molecule has 0 aliphatic carbocycles. The Bertz CT molecular complexity index is 815. The lowest BCUT2D eigenvalue weighted by Gasteiger charge is -2.09. The SMILES string of the molecule is ON=C(COCc1ccccc1)c1ccc(OCc2ccccc2)cc1. The molecule has 0 saturated carbocycles. The van der Waals surface area contributed by atoms with E-state index < -0.39 is 0 Å². The Labute approximate surface area is 153 Å². The van der Waals surface area contributed by atoms with Crippen LogP contribution in [0, 0.1) is 0 Å². The average molecular weight is 347 g/mol. The summed E-state index contributed by atoms with van der Waals surface area (Å²) in [5, 5.41) is 12.6. The molecule has 0 aliphatic heterocycles. The molecular formula is C22H21NO3. The van der Waals surface area contributed by atoms with E-state index in [2.05, 4.69) is 5.16 Å². The molecule has 132 valence electrons. The normalized spacial score (nSPS) is 11.3. The summed E-state index contributed by atoms with van der Waals surface area (Å²) in [6, 6.07) is 27.3. The van der Waals surface area contributed by atoms with Crippen LogP contribution >= 0.6 is 0 Å². The second kappa shape index (κ2) is 9.39. The van der Waals surface area contributed by atoms with E-state index in [-0.39, 0.29) is 6.61 Å². The molecule has 3 aromatic carbocycles. The van der Waals surface area contributed by atoms with Gasteiger partial charge in [-0.05, 0) is 35.4 Å². The minimum atomic E-state index is 0.232. The molecule has 0 saturated heterocycles. The predicted octanol–water partition coefficient (Wildman–Crippen LogP) is 4.66.